The molecule has 3 aromatic rings. The standard InChI is InChI=1S/C23H24ClN3O4S/c1-32-22-17(24)6-4-15-20(22)27(10-19(28)29)23-16(21(15)30)5-7-18(25-23)26(8-13-2-3-13)9-14-11-31-12-14/h4-7,13-14H,2-3,8-12H2,1H3,(H,28,29). The van der Waals surface area contributed by atoms with E-state index in [1.807, 2.05) is 12.3 Å². The Morgan fingerprint density at radius 2 is 1.94 bits per heavy atom. The summed E-state index contributed by atoms with van der Waals surface area (Å²) in [5.74, 6) is 0.887. The second-order valence-electron chi connectivity index (χ2n) is 8.58. The molecule has 7 nitrogen and oxygen atoms in total. The predicted molar refractivity (Wildman–Crippen MR) is 127 cm³/mol. The van der Waals surface area contributed by atoms with E-state index in [0.29, 0.717) is 43.7 Å². The minimum Gasteiger partial charge on any atom is -0.480 e. The van der Waals surface area contributed by atoms with Crippen molar-refractivity contribution in [1.29, 1.82) is 0 Å². The number of thioether (sulfide) groups is 1. The summed E-state index contributed by atoms with van der Waals surface area (Å²) >= 11 is 7.81. The van der Waals surface area contributed by atoms with Crippen LogP contribution in [0.2, 0.25) is 5.02 Å². The molecule has 0 amide bonds. The summed E-state index contributed by atoms with van der Waals surface area (Å²) in [6.45, 7) is 2.94. The van der Waals surface area contributed by atoms with Gasteiger partial charge in [0.2, 0.25) is 0 Å². The number of halogens is 1. The fourth-order valence-corrected chi connectivity index (χ4v) is 5.37. The van der Waals surface area contributed by atoms with Gasteiger partial charge in [-0.1, -0.05) is 11.6 Å². The van der Waals surface area contributed by atoms with E-state index in [1.165, 1.54) is 24.6 Å². The molecule has 9 heteroatoms. The molecule has 1 aromatic carbocycles. The Balaban J connectivity index is 1.73. The second-order valence-corrected chi connectivity index (χ2v) is 9.80. The topological polar surface area (TPSA) is 84.7 Å². The number of pyridine rings is 2. The van der Waals surface area contributed by atoms with Crippen LogP contribution in [0.4, 0.5) is 5.82 Å². The molecule has 0 spiro atoms. The third kappa shape index (κ3) is 3.95. The first kappa shape index (κ1) is 21.6. The van der Waals surface area contributed by atoms with Crippen LogP contribution < -0.4 is 10.3 Å². The van der Waals surface area contributed by atoms with Crippen LogP contribution in [0.5, 0.6) is 0 Å². The molecule has 1 saturated carbocycles. The van der Waals surface area contributed by atoms with Gasteiger partial charge in [0.1, 0.15) is 18.0 Å². The third-order valence-corrected chi connectivity index (χ3v) is 7.39. The van der Waals surface area contributed by atoms with E-state index >= 15 is 0 Å². The number of ether oxygens (including phenoxy) is 1. The van der Waals surface area contributed by atoms with Gasteiger partial charge in [-0.15, -0.1) is 11.8 Å². The Labute approximate surface area is 194 Å². The lowest BCUT2D eigenvalue weighted by Crippen LogP contribution is -2.40. The predicted octanol–water partition coefficient (Wildman–Crippen LogP) is 3.87. The zero-order valence-electron chi connectivity index (χ0n) is 17.7. The molecule has 2 fully saturated rings. The molecule has 2 aliphatic rings. The van der Waals surface area contributed by atoms with Crippen molar-refractivity contribution in [2.24, 2.45) is 11.8 Å². The number of hydrogen-bond donors (Lipinski definition) is 1. The molecule has 1 N–H and O–H groups in total. The molecule has 5 rings (SSSR count). The number of anilines is 1. The Morgan fingerprint density at radius 1 is 1.22 bits per heavy atom. The maximum Gasteiger partial charge on any atom is 0.323 e. The van der Waals surface area contributed by atoms with Gasteiger partial charge in [0.25, 0.3) is 0 Å². The Hall–Kier alpha value is -2.29. The molecule has 0 radical (unpaired) electrons. The van der Waals surface area contributed by atoms with E-state index in [2.05, 4.69) is 4.90 Å². The SMILES string of the molecule is CSc1c(Cl)ccc2c(=O)c3ccc(N(CC4CC4)CC4COC4)nc3n(CC(=O)O)c12. The van der Waals surface area contributed by atoms with Crippen molar-refractivity contribution >= 4 is 57.1 Å². The highest BCUT2D eigenvalue weighted by molar-refractivity contribution is 7.99. The van der Waals surface area contributed by atoms with Gasteiger partial charge in [-0.2, -0.15) is 0 Å². The number of carboxylic acids is 1. The first-order chi connectivity index (χ1) is 15.5. The number of aromatic nitrogens is 2. The molecule has 2 aromatic heterocycles. The highest BCUT2D eigenvalue weighted by atomic mass is 35.5. The molecule has 3 heterocycles. The van der Waals surface area contributed by atoms with E-state index < -0.39 is 5.97 Å². The van der Waals surface area contributed by atoms with Crippen LogP contribution in [0.25, 0.3) is 21.9 Å². The fraction of sp³-hybridized carbons (Fsp3) is 0.435. The zero-order valence-corrected chi connectivity index (χ0v) is 19.3. The highest BCUT2D eigenvalue weighted by Gasteiger charge is 2.29. The molecule has 0 atom stereocenters. The number of carbonyl (C=O) groups is 1. The van der Waals surface area contributed by atoms with Gasteiger partial charge >= 0.3 is 5.97 Å². The monoisotopic (exact) mass is 473 g/mol. The number of nitrogens with zero attached hydrogens (tertiary/aromatic N) is 3. The Bertz CT molecular complexity index is 1270. The fourth-order valence-electron chi connectivity index (χ4n) is 4.30. The first-order valence-corrected chi connectivity index (χ1v) is 12.3. The Morgan fingerprint density at radius 3 is 2.56 bits per heavy atom. The molecule has 168 valence electrons. The molecule has 32 heavy (non-hydrogen) atoms. The minimum atomic E-state index is -1.00. The molecular formula is C23H24ClN3O4S. The van der Waals surface area contributed by atoms with Crippen LogP contribution in [-0.4, -0.2) is 53.2 Å². The summed E-state index contributed by atoms with van der Waals surface area (Å²) in [5.41, 5.74) is 0.741. The molecule has 0 bridgehead atoms. The first-order valence-electron chi connectivity index (χ1n) is 10.7. The second kappa shape index (κ2) is 8.57. The molecule has 1 saturated heterocycles. The van der Waals surface area contributed by atoms with Crippen LogP contribution in [0, 0.1) is 11.8 Å². The van der Waals surface area contributed by atoms with Gasteiger partial charge in [-0.3, -0.25) is 9.59 Å². The number of carboxylic acid groups (broad SMARTS) is 1. The van der Waals surface area contributed by atoms with Gasteiger partial charge in [0, 0.05) is 24.4 Å². The van der Waals surface area contributed by atoms with Crippen LogP contribution in [-0.2, 0) is 16.1 Å². The summed E-state index contributed by atoms with van der Waals surface area (Å²) in [7, 11) is 0. The quantitative estimate of drug-likeness (QED) is 0.392. The van der Waals surface area contributed by atoms with Crippen molar-refractivity contribution in [3.8, 4) is 0 Å². The lowest BCUT2D eigenvalue weighted by Gasteiger charge is -2.33. The summed E-state index contributed by atoms with van der Waals surface area (Å²) < 4.78 is 6.98. The number of fused-ring (bicyclic) bond motifs is 2. The van der Waals surface area contributed by atoms with Gasteiger partial charge in [0.15, 0.2) is 5.43 Å². The highest BCUT2D eigenvalue weighted by Crippen LogP contribution is 2.35. The van der Waals surface area contributed by atoms with Crippen LogP contribution in [0.3, 0.4) is 0 Å². The summed E-state index contributed by atoms with van der Waals surface area (Å²) in [5, 5.41) is 11.0. The maximum absolute atomic E-state index is 13.3. The van der Waals surface area contributed by atoms with Gasteiger partial charge < -0.3 is 19.3 Å². The van der Waals surface area contributed by atoms with E-state index in [1.54, 1.807) is 22.8 Å². The molecule has 0 unspecified atom stereocenters. The number of benzene rings is 1. The summed E-state index contributed by atoms with van der Waals surface area (Å²) in [6.07, 6.45) is 4.30. The molecule has 1 aliphatic heterocycles. The number of hydrogen-bond acceptors (Lipinski definition) is 6. The lowest BCUT2D eigenvalue weighted by atomic mass is 10.1. The average Bonchev–Trinajstić information content (AvgIpc) is 3.56. The Kier molecular flexibility index (Phi) is 5.77. The smallest absolute Gasteiger partial charge is 0.323 e. The number of aliphatic carboxylic acids is 1. The van der Waals surface area contributed by atoms with Crippen molar-refractivity contribution in [1.82, 2.24) is 9.55 Å². The van der Waals surface area contributed by atoms with Gasteiger partial charge in [-0.25, -0.2) is 4.98 Å². The van der Waals surface area contributed by atoms with E-state index in [9.17, 15) is 14.7 Å². The van der Waals surface area contributed by atoms with E-state index in [0.717, 1.165) is 32.1 Å². The van der Waals surface area contributed by atoms with E-state index in [-0.39, 0.29) is 12.0 Å². The third-order valence-electron chi connectivity index (χ3n) is 6.14. The maximum atomic E-state index is 13.3. The molecule has 1 aliphatic carbocycles. The van der Waals surface area contributed by atoms with Crippen molar-refractivity contribution < 1.29 is 14.6 Å². The molecular weight excluding hydrogens is 450 g/mol. The van der Waals surface area contributed by atoms with Gasteiger partial charge in [-0.05, 0) is 49.3 Å². The van der Waals surface area contributed by atoms with Crippen molar-refractivity contribution in [3.63, 3.8) is 0 Å². The normalized spacial score (nSPS) is 16.4. The average molecular weight is 474 g/mol. The van der Waals surface area contributed by atoms with Crippen LogP contribution in [0.15, 0.2) is 34.0 Å². The van der Waals surface area contributed by atoms with Crippen molar-refractivity contribution in [2.75, 3.05) is 37.5 Å². The van der Waals surface area contributed by atoms with Crippen molar-refractivity contribution in [2.45, 2.75) is 24.3 Å². The zero-order chi connectivity index (χ0) is 22.4. The lowest BCUT2D eigenvalue weighted by molar-refractivity contribution is -0.137. The van der Waals surface area contributed by atoms with Crippen molar-refractivity contribution in [3.05, 3.63) is 39.5 Å². The van der Waals surface area contributed by atoms with Crippen LogP contribution in [0.1, 0.15) is 12.8 Å². The minimum absolute atomic E-state index is 0.163. The van der Waals surface area contributed by atoms with Crippen LogP contribution >= 0.6 is 23.4 Å². The van der Waals surface area contributed by atoms with E-state index in [4.69, 9.17) is 21.3 Å². The largest absolute Gasteiger partial charge is 0.480 e. The summed E-state index contributed by atoms with van der Waals surface area (Å²) in [4.78, 5) is 32.9. The van der Waals surface area contributed by atoms with Gasteiger partial charge in [0.05, 0.1) is 34.0 Å². The summed E-state index contributed by atoms with van der Waals surface area (Å²) in [6, 6.07) is 7.02. The number of rotatable bonds is 8.